The van der Waals surface area contributed by atoms with Gasteiger partial charge in [-0.3, -0.25) is 13.9 Å². The van der Waals surface area contributed by atoms with Gasteiger partial charge in [-0.05, 0) is 60.1 Å². The number of rotatable bonds is 5. The summed E-state index contributed by atoms with van der Waals surface area (Å²) in [5, 5.41) is 10.2. The van der Waals surface area contributed by atoms with E-state index < -0.39 is 0 Å². The first-order valence-corrected chi connectivity index (χ1v) is 10.9. The number of imidazole rings is 1. The lowest BCUT2D eigenvalue weighted by molar-refractivity contribution is 0.0697. The molecule has 1 atom stereocenters. The summed E-state index contributed by atoms with van der Waals surface area (Å²) in [5.74, 6) is 0.593. The molecule has 3 aromatic rings. The van der Waals surface area contributed by atoms with Crippen LogP contribution in [0.1, 0.15) is 41.3 Å². The molecule has 1 saturated carbocycles. The molecule has 1 amide bonds. The van der Waals surface area contributed by atoms with E-state index in [9.17, 15) is 14.7 Å². The minimum Gasteiger partial charge on any atom is -0.493 e. The fraction of sp³-hybridized carbons (Fsp3) is 0.333. The maximum atomic E-state index is 12.9. The SMILES string of the molecule is C[C@@H](C1CC1)N1Cc2cc(-c3ccc(Cn4cc(O)n(C)c4=O)cc3)cc(Cl)c2C1=O. The highest BCUT2D eigenvalue weighted by molar-refractivity contribution is 6.34. The maximum Gasteiger partial charge on any atom is 0.331 e. The van der Waals surface area contributed by atoms with Gasteiger partial charge in [0.1, 0.15) is 0 Å². The van der Waals surface area contributed by atoms with Crippen LogP contribution in [0.5, 0.6) is 5.88 Å². The van der Waals surface area contributed by atoms with Gasteiger partial charge in [-0.2, -0.15) is 0 Å². The first kappa shape index (κ1) is 19.9. The molecule has 160 valence electrons. The van der Waals surface area contributed by atoms with E-state index in [0.717, 1.165) is 22.3 Å². The van der Waals surface area contributed by atoms with Gasteiger partial charge < -0.3 is 10.0 Å². The molecule has 2 aliphatic rings. The Morgan fingerprint density at radius 2 is 1.84 bits per heavy atom. The molecule has 1 aliphatic carbocycles. The highest BCUT2D eigenvalue weighted by Crippen LogP contribution is 2.40. The van der Waals surface area contributed by atoms with Crippen LogP contribution in [-0.2, 0) is 20.1 Å². The van der Waals surface area contributed by atoms with E-state index in [-0.39, 0.29) is 23.5 Å². The van der Waals surface area contributed by atoms with E-state index in [1.54, 1.807) is 0 Å². The van der Waals surface area contributed by atoms with Crippen molar-refractivity contribution in [1.29, 1.82) is 0 Å². The van der Waals surface area contributed by atoms with Crippen LogP contribution in [0, 0.1) is 5.92 Å². The first-order valence-electron chi connectivity index (χ1n) is 10.5. The van der Waals surface area contributed by atoms with Crippen molar-refractivity contribution in [3.8, 4) is 17.0 Å². The summed E-state index contributed by atoms with van der Waals surface area (Å²) >= 11 is 6.55. The van der Waals surface area contributed by atoms with E-state index in [0.29, 0.717) is 29.6 Å². The highest BCUT2D eigenvalue weighted by Gasteiger charge is 2.39. The summed E-state index contributed by atoms with van der Waals surface area (Å²) in [5.41, 5.74) is 4.27. The van der Waals surface area contributed by atoms with Crippen molar-refractivity contribution in [3.05, 3.63) is 74.8 Å². The van der Waals surface area contributed by atoms with E-state index in [1.165, 1.54) is 35.2 Å². The molecule has 0 radical (unpaired) electrons. The summed E-state index contributed by atoms with van der Waals surface area (Å²) in [6.07, 6.45) is 3.82. The minimum atomic E-state index is -0.262. The Morgan fingerprint density at radius 1 is 1.13 bits per heavy atom. The molecular weight excluding hydrogens is 414 g/mol. The topological polar surface area (TPSA) is 67.5 Å². The van der Waals surface area contributed by atoms with E-state index in [4.69, 9.17) is 11.6 Å². The number of carbonyl (C=O) groups excluding carboxylic acids is 1. The minimum absolute atomic E-state index is 0.0397. The standard InChI is InChI=1S/C24H24ClN3O3/c1-14(16-7-8-16)28-12-19-9-18(10-20(25)22(19)23(28)30)17-5-3-15(4-6-17)11-27-13-21(29)26(2)24(27)31/h3-6,9-10,13-14,16,29H,7-8,11-12H2,1-2H3/t14-/m0/s1. The molecule has 31 heavy (non-hydrogen) atoms. The van der Waals surface area contributed by atoms with Gasteiger partial charge in [0.25, 0.3) is 5.91 Å². The zero-order valence-electron chi connectivity index (χ0n) is 17.5. The predicted octanol–water partition coefficient (Wildman–Crippen LogP) is 4.02. The van der Waals surface area contributed by atoms with E-state index >= 15 is 0 Å². The quantitative estimate of drug-likeness (QED) is 0.655. The van der Waals surface area contributed by atoms with Crippen LogP contribution >= 0.6 is 11.6 Å². The number of hydrogen-bond acceptors (Lipinski definition) is 3. The van der Waals surface area contributed by atoms with E-state index in [1.807, 2.05) is 35.2 Å². The Labute approximate surface area is 185 Å². The molecule has 1 aromatic heterocycles. The van der Waals surface area contributed by atoms with Crippen LogP contribution < -0.4 is 5.69 Å². The second-order valence-corrected chi connectivity index (χ2v) is 9.06. The van der Waals surface area contributed by atoms with Crippen molar-refractivity contribution >= 4 is 17.5 Å². The van der Waals surface area contributed by atoms with Crippen molar-refractivity contribution in [2.24, 2.45) is 13.0 Å². The van der Waals surface area contributed by atoms with Crippen LogP contribution in [0.2, 0.25) is 5.02 Å². The molecule has 7 heteroatoms. The van der Waals surface area contributed by atoms with Crippen molar-refractivity contribution in [2.75, 3.05) is 0 Å². The number of hydrogen-bond donors (Lipinski definition) is 1. The second kappa shape index (κ2) is 7.31. The Hall–Kier alpha value is -2.99. The number of carbonyl (C=O) groups is 1. The van der Waals surface area contributed by atoms with Gasteiger partial charge in [-0.1, -0.05) is 35.9 Å². The molecular formula is C24H24ClN3O3. The number of benzene rings is 2. The predicted molar refractivity (Wildman–Crippen MR) is 119 cm³/mol. The molecule has 5 rings (SSSR count). The number of aromatic hydroxyl groups is 1. The lowest BCUT2D eigenvalue weighted by Gasteiger charge is -2.23. The number of fused-ring (bicyclic) bond motifs is 1. The monoisotopic (exact) mass is 437 g/mol. The Morgan fingerprint density at radius 3 is 2.45 bits per heavy atom. The molecule has 1 aliphatic heterocycles. The molecule has 0 saturated heterocycles. The highest BCUT2D eigenvalue weighted by atomic mass is 35.5. The van der Waals surface area contributed by atoms with Crippen molar-refractivity contribution in [2.45, 2.75) is 38.9 Å². The van der Waals surface area contributed by atoms with Gasteiger partial charge in [-0.25, -0.2) is 4.79 Å². The van der Waals surface area contributed by atoms with Crippen LogP contribution in [0.4, 0.5) is 0 Å². The van der Waals surface area contributed by atoms with Gasteiger partial charge in [0.2, 0.25) is 5.88 Å². The fourth-order valence-electron chi connectivity index (χ4n) is 4.44. The van der Waals surface area contributed by atoms with Crippen molar-refractivity contribution in [3.63, 3.8) is 0 Å². The third kappa shape index (κ3) is 3.45. The number of aromatic nitrogens is 2. The number of amides is 1. The lowest BCUT2D eigenvalue weighted by Crippen LogP contribution is -2.34. The summed E-state index contributed by atoms with van der Waals surface area (Å²) in [7, 11) is 1.53. The van der Waals surface area contributed by atoms with Crippen LogP contribution in [-0.4, -0.2) is 31.1 Å². The third-order valence-electron chi connectivity index (χ3n) is 6.57. The molecule has 6 nitrogen and oxygen atoms in total. The Balaban J connectivity index is 1.39. The number of nitrogens with zero attached hydrogens (tertiary/aromatic N) is 3. The summed E-state index contributed by atoms with van der Waals surface area (Å²) in [6, 6.07) is 12.1. The Bertz CT molecular complexity index is 1240. The molecule has 1 N–H and O–H groups in total. The molecule has 2 heterocycles. The average molecular weight is 438 g/mol. The largest absolute Gasteiger partial charge is 0.493 e. The van der Waals surface area contributed by atoms with Gasteiger partial charge in [0, 0.05) is 19.6 Å². The van der Waals surface area contributed by atoms with Crippen molar-refractivity contribution < 1.29 is 9.90 Å². The van der Waals surface area contributed by atoms with Crippen LogP contribution in [0.25, 0.3) is 11.1 Å². The van der Waals surface area contributed by atoms with Crippen molar-refractivity contribution in [1.82, 2.24) is 14.0 Å². The summed E-state index contributed by atoms with van der Waals surface area (Å²) in [6.45, 7) is 3.12. The zero-order chi connectivity index (χ0) is 21.9. The molecule has 2 aromatic carbocycles. The lowest BCUT2D eigenvalue weighted by atomic mass is 9.99. The summed E-state index contributed by atoms with van der Waals surface area (Å²) < 4.78 is 2.67. The van der Waals surface area contributed by atoms with Gasteiger partial charge in [0.15, 0.2) is 0 Å². The van der Waals surface area contributed by atoms with Crippen LogP contribution in [0.15, 0.2) is 47.4 Å². The smallest absolute Gasteiger partial charge is 0.331 e. The summed E-state index contributed by atoms with van der Waals surface area (Å²) in [4.78, 5) is 27.0. The normalized spacial score (nSPS) is 16.6. The second-order valence-electron chi connectivity index (χ2n) is 8.66. The zero-order valence-corrected chi connectivity index (χ0v) is 18.3. The average Bonchev–Trinajstić information content (AvgIpc) is 3.51. The first-order chi connectivity index (χ1) is 14.8. The Kier molecular flexibility index (Phi) is 4.70. The number of halogens is 1. The van der Waals surface area contributed by atoms with E-state index in [2.05, 4.69) is 13.0 Å². The molecule has 1 fully saturated rings. The fourth-order valence-corrected chi connectivity index (χ4v) is 4.76. The van der Waals surface area contributed by atoms with Crippen LogP contribution in [0.3, 0.4) is 0 Å². The van der Waals surface area contributed by atoms with Gasteiger partial charge in [-0.15, -0.1) is 0 Å². The van der Waals surface area contributed by atoms with Gasteiger partial charge in [0.05, 0.1) is 23.3 Å². The third-order valence-corrected chi connectivity index (χ3v) is 6.87. The molecule has 0 unspecified atom stereocenters. The molecule has 0 bridgehead atoms. The maximum absolute atomic E-state index is 12.9. The van der Waals surface area contributed by atoms with Gasteiger partial charge >= 0.3 is 5.69 Å². The molecule has 0 spiro atoms.